The second-order valence-electron chi connectivity index (χ2n) is 7.29. The minimum Gasteiger partial charge on any atom is -0.344 e. The minimum absolute atomic E-state index is 0.114. The van der Waals surface area contributed by atoms with Gasteiger partial charge in [0.2, 0.25) is 0 Å². The zero-order chi connectivity index (χ0) is 20.9. The Hall–Kier alpha value is -4.15. The quantitative estimate of drug-likeness (QED) is 0.478. The molecule has 10 nitrogen and oxygen atoms in total. The molecule has 1 saturated heterocycles. The van der Waals surface area contributed by atoms with Gasteiger partial charge in [0.1, 0.15) is 17.7 Å². The first-order chi connectivity index (χ1) is 15.2. The van der Waals surface area contributed by atoms with Crippen LogP contribution in [0.4, 0.5) is 10.2 Å². The Bertz CT molecular complexity index is 1470. The smallest absolute Gasteiger partial charge is 0.286 e. The molecule has 0 aromatic carbocycles. The molecule has 0 spiro atoms. The molecule has 6 heterocycles. The third-order valence-corrected chi connectivity index (χ3v) is 5.57. The SMILES string of the molecule is O=c1c2c(F)ccn2nc(C2CCCN2c2ncnc3nc[nH]c23)n1-c1ccccn1. The summed E-state index contributed by atoms with van der Waals surface area (Å²) in [7, 11) is 0. The summed E-state index contributed by atoms with van der Waals surface area (Å²) in [5.41, 5.74) is 0.659. The number of rotatable bonds is 3. The van der Waals surface area contributed by atoms with Gasteiger partial charge in [-0.3, -0.25) is 4.79 Å². The summed E-state index contributed by atoms with van der Waals surface area (Å²) in [5.74, 6) is 0.924. The van der Waals surface area contributed by atoms with Crippen LogP contribution in [-0.4, -0.2) is 45.6 Å². The van der Waals surface area contributed by atoms with Crippen molar-refractivity contribution in [1.82, 2.24) is 39.1 Å². The van der Waals surface area contributed by atoms with Crippen LogP contribution in [0.2, 0.25) is 0 Å². The third-order valence-electron chi connectivity index (χ3n) is 5.57. The van der Waals surface area contributed by atoms with Gasteiger partial charge in [0.25, 0.3) is 5.56 Å². The van der Waals surface area contributed by atoms with Gasteiger partial charge in [-0.05, 0) is 31.0 Å². The summed E-state index contributed by atoms with van der Waals surface area (Å²) in [6.07, 6.45) is 7.71. The number of fused-ring (bicyclic) bond motifs is 2. The predicted octanol–water partition coefficient (Wildman–Crippen LogP) is 2.03. The van der Waals surface area contributed by atoms with Gasteiger partial charge in [0.05, 0.1) is 12.4 Å². The third kappa shape index (κ3) is 2.62. The average Bonchev–Trinajstić information content (AvgIpc) is 3.53. The minimum atomic E-state index is -0.619. The summed E-state index contributed by atoms with van der Waals surface area (Å²) in [6, 6.07) is 6.21. The molecule has 5 aromatic heterocycles. The molecule has 1 aliphatic rings. The molecule has 1 unspecified atom stereocenters. The fourth-order valence-corrected chi connectivity index (χ4v) is 4.23. The number of hydrogen-bond acceptors (Lipinski definition) is 7. The van der Waals surface area contributed by atoms with E-state index in [4.69, 9.17) is 0 Å². The fraction of sp³-hybridized carbons (Fsp3) is 0.200. The van der Waals surface area contributed by atoms with Gasteiger partial charge in [-0.1, -0.05) is 6.07 Å². The fourth-order valence-electron chi connectivity index (χ4n) is 4.23. The first-order valence-corrected chi connectivity index (χ1v) is 9.84. The number of hydrogen-bond donors (Lipinski definition) is 1. The molecule has 11 heteroatoms. The highest BCUT2D eigenvalue weighted by Crippen LogP contribution is 2.36. The van der Waals surface area contributed by atoms with E-state index in [1.165, 1.54) is 27.7 Å². The summed E-state index contributed by atoms with van der Waals surface area (Å²) >= 11 is 0. The van der Waals surface area contributed by atoms with Crippen molar-refractivity contribution < 1.29 is 4.39 Å². The average molecular weight is 417 g/mol. The topological polar surface area (TPSA) is 110 Å². The number of halogens is 1. The molecule has 5 aromatic rings. The van der Waals surface area contributed by atoms with E-state index in [2.05, 4.69) is 34.9 Å². The Morgan fingerprint density at radius 1 is 1.13 bits per heavy atom. The van der Waals surface area contributed by atoms with Crippen molar-refractivity contribution in [2.75, 3.05) is 11.4 Å². The molecule has 1 aliphatic heterocycles. The van der Waals surface area contributed by atoms with E-state index in [1.807, 2.05) is 0 Å². The van der Waals surface area contributed by atoms with Gasteiger partial charge in [0.15, 0.2) is 28.6 Å². The highest BCUT2D eigenvalue weighted by atomic mass is 19.1. The summed E-state index contributed by atoms with van der Waals surface area (Å²) < 4.78 is 17.1. The second-order valence-corrected chi connectivity index (χ2v) is 7.29. The molecule has 0 bridgehead atoms. The molecule has 31 heavy (non-hydrogen) atoms. The number of imidazole rings is 1. The first-order valence-electron chi connectivity index (χ1n) is 9.84. The Morgan fingerprint density at radius 2 is 2.06 bits per heavy atom. The summed E-state index contributed by atoms with van der Waals surface area (Å²) in [4.78, 5) is 35.7. The second kappa shape index (κ2) is 6.69. The maximum Gasteiger partial charge on any atom is 0.286 e. The van der Waals surface area contributed by atoms with Crippen molar-refractivity contribution in [3.8, 4) is 5.82 Å². The molecular weight excluding hydrogens is 401 g/mol. The van der Waals surface area contributed by atoms with Gasteiger partial charge in [-0.2, -0.15) is 5.10 Å². The Kier molecular flexibility index (Phi) is 3.82. The number of pyridine rings is 1. The Balaban J connectivity index is 1.60. The number of aromatic amines is 1. The lowest BCUT2D eigenvalue weighted by Crippen LogP contribution is -2.34. The molecule has 0 radical (unpaired) electrons. The van der Waals surface area contributed by atoms with Crippen LogP contribution in [0.1, 0.15) is 24.7 Å². The van der Waals surface area contributed by atoms with Crippen LogP contribution < -0.4 is 10.5 Å². The van der Waals surface area contributed by atoms with Crippen LogP contribution in [0.15, 0.2) is 54.1 Å². The van der Waals surface area contributed by atoms with E-state index in [0.29, 0.717) is 35.2 Å². The molecule has 1 N–H and O–H groups in total. The Morgan fingerprint density at radius 3 is 2.94 bits per heavy atom. The van der Waals surface area contributed by atoms with Crippen LogP contribution in [-0.2, 0) is 0 Å². The lowest BCUT2D eigenvalue weighted by molar-refractivity contribution is 0.590. The van der Waals surface area contributed by atoms with E-state index in [-0.39, 0.29) is 11.6 Å². The maximum atomic E-state index is 14.4. The predicted molar refractivity (Wildman–Crippen MR) is 110 cm³/mol. The van der Waals surface area contributed by atoms with Crippen LogP contribution in [0.5, 0.6) is 0 Å². The van der Waals surface area contributed by atoms with Crippen molar-refractivity contribution in [3.05, 3.63) is 71.3 Å². The van der Waals surface area contributed by atoms with Crippen LogP contribution in [0.3, 0.4) is 0 Å². The van der Waals surface area contributed by atoms with Crippen molar-refractivity contribution in [3.63, 3.8) is 0 Å². The molecule has 0 amide bonds. The number of anilines is 1. The zero-order valence-corrected chi connectivity index (χ0v) is 16.2. The van der Waals surface area contributed by atoms with E-state index < -0.39 is 11.4 Å². The van der Waals surface area contributed by atoms with Crippen molar-refractivity contribution >= 4 is 22.5 Å². The monoisotopic (exact) mass is 417 g/mol. The summed E-state index contributed by atoms with van der Waals surface area (Å²) in [6.45, 7) is 0.714. The van der Waals surface area contributed by atoms with E-state index >= 15 is 0 Å². The molecular formula is C20H16FN9O. The van der Waals surface area contributed by atoms with E-state index in [0.717, 1.165) is 12.8 Å². The van der Waals surface area contributed by atoms with Gasteiger partial charge in [-0.25, -0.2) is 33.4 Å². The molecule has 154 valence electrons. The first kappa shape index (κ1) is 17.7. The van der Waals surface area contributed by atoms with Crippen molar-refractivity contribution in [2.45, 2.75) is 18.9 Å². The largest absolute Gasteiger partial charge is 0.344 e. The number of H-pyrrole nitrogens is 1. The lowest BCUT2D eigenvalue weighted by atomic mass is 10.2. The van der Waals surface area contributed by atoms with Crippen molar-refractivity contribution in [1.29, 1.82) is 0 Å². The van der Waals surface area contributed by atoms with Crippen LogP contribution >= 0.6 is 0 Å². The van der Waals surface area contributed by atoms with Gasteiger partial charge < -0.3 is 9.88 Å². The van der Waals surface area contributed by atoms with Crippen molar-refractivity contribution in [2.24, 2.45) is 0 Å². The molecule has 1 fully saturated rings. The number of nitrogens with zero attached hydrogens (tertiary/aromatic N) is 8. The Labute approximate surface area is 174 Å². The number of aromatic nitrogens is 8. The van der Waals surface area contributed by atoms with E-state index in [9.17, 15) is 9.18 Å². The molecule has 0 saturated carbocycles. The van der Waals surface area contributed by atoms with Gasteiger partial charge >= 0.3 is 0 Å². The molecule has 1 atom stereocenters. The van der Waals surface area contributed by atoms with Gasteiger partial charge in [-0.15, -0.1) is 0 Å². The normalized spacial score (nSPS) is 16.5. The van der Waals surface area contributed by atoms with Gasteiger partial charge in [0, 0.05) is 18.9 Å². The standard InChI is InChI=1S/C20H16FN9O/c21-12-6-9-29-16(12)20(31)30(14-5-1-2-7-22-14)18(27-29)13-4-3-8-28(13)19-15-17(24-10-23-15)25-11-26-19/h1-2,5-7,9-11,13H,3-4,8H2,(H,23,24,25,26). The molecule has 6 rings (SSSR count). The summed E-state index contributed by atoms with van der Waals surface area (Å²) in [5, 5.41) is 4.65. The maximum absolute atomic E-state index is 14.4. The number of nitrogens with one attached hydrogen (secondary N) is 1. The van der Waals surface area contributed by atoms with E-state index in [1.54, 1.807) is 30.7 Å². The highest BCUT2D eigenvalue weighted by Gasteiger charge is 2.34. The molecule has 0 aliphatic carbocycles. The zero-order valence-electron chi connectivity index (χ0n) is 16.2. The highest BCUT2D eigenvalue weighted by molar-refractivity contribution is 5.83. The van der Waals surface area contributed by atoms with Crippen LogP contribution in [0.25, 0.3) is 22.5 Å². The lowest BCUT2D eigenvalue weighted by Gasteiger charge is -2.27. The van der Waals surface area contributed by atoms with Crippen LogP contribution in [0, 0.1) is 5.82 Å².